The van der Waals surface area contributed by atoms with E-state index in [9.17, 15) is 0 Å². The molecule has 0 fully saturated rings. The summed E-state index contributed by atoms with van der Waals surface area (Å²) in [5.74, 6) is 1.98. The Labute approximate surface area is 123 Å². The molecule has 108 valence electrons. The Morgan fingerprint density at radius 3 is 2.35 bits per heavy atom. The van der Waals surface area contributed by atoms with Gasteiger partial charge in [-0.3, -0.25) is 0 Å². The Bertz CT molecular complexity index is 617. The van der Waals surface area contributed by atoms with Crippen LogP contribution in [-0.4, -0.2) is 49.7 Å². The molecule has 2 aromatic rings. The SMILES string of the molecule is COc1cc2nc(CCN(C)C)nc(Cl)c2cc1OC. The zero-order chi connectivity index (χ0) is 14.7. The van der Waals surface area contributed by atoms with E-state index in [0.29, 0.717) is 16.7 Å². The molecule has 0 aliphatic carbocycles. The lowest BCUT2D eigenvalue weighted by molar-refractivity contribution is 0.355. The molecule has 0 unspecified atom stereocenters. The molecular weight excluding hydrogens is 278 g/mol. The molecule has 1 aromatic heterocycles. The van der Waals surface area contributed by atoms with Crippen molar-refractivity contribution >= 4 is 22.5 Å². The monoisotopic (exact) mass is 295 g/mol. The maximum atomic E-state index is 6.24. The van der Waals surface area contributed by atoms with E-state index in [-0.39, 0.29) is 0 Å². The average Bonchev–Trinajstić information content (AvgIpc) is 2.43. The number of fused-ring (bicyclic) bond motifs is 1. The van der Waals surface area contributed by atoms with E-state index in [0.717, 1.165) is 29.7 Å². The van der Waals surface area contributed by atoms with Crippen molar-refractivity contribution in [3.05, 3.63) is 23.1 Å². The predicted octanol–water partition coefficient (Wildman–Crippen LogP) is 2.40. The van der Waals surface area contributed by atoms with E-state index in [1.54, 1.807) is 20.3 Å². The highest BCUT2D eigenvalue weighted by Gasteiger charge is 2.12. The first-order chi connectivity index (χ1) is 9.55. The van der Waals surface area contributed by atoms with Gasteiger partial charge < -0.3 is 14.4 Å². The Hall–Kier alpha value is -1.59. The van der Waals surface area contributed by atoms with Crippen LogP contribution < -0.4 is 9.47 Å². The number of likely N-dealkylation sites (N-methyl/N-ethyl adjacent to an activating group) is 1. The molecule has 0 aliphatic heterocycles. The van der Waals surface area contributed by atoms with Crippen LogP contribution in [0.5, 0.6) is 11.5 Å². The van der Waals surface area contributed by atoms with Crippen molar-refractivity contribution in [2.75, 3.05) is 34.9 Å². The second kappa shape index (κ2) is 6.24. The van der Waals surface area contributed by atoms with Gasteiger partial charge >= 0.3 is 0 Å². The summed E-state index contributed by atoms with van der Waals surface area (Å²) in [6.45, 7) is 0.870. The topological polar surface area (TPSA) is 47.5 Å². The Morgan fingerprint density at radius 2 is 1.75 bits per heavy atom. The number of benzene rings is 1. The molecule has 6 heteroatoms. The van der Waals surface area contributed by atoms with Crippen molar-refractivity contribution in [2.45, 2.75) is 6.42 Å². The second-order valence-electron chi connectivity index (χ2n) is 4.71. The van der Waals surface area contributed by atoms with Crippen molar-refractivity contribution in [1.29, 1.82) is 0 Å². The summed E-state index contributed by atoms with van der Waals surface area (Å²) in [6, 6.07) is 3.62. The summed E-state index contributed by atoms with van der Waals surface area (Å²) in [7, 11) is 7.20. The molecule has 2 rings (SSSR count). The number of hydrogen-bond donors (Lipinski definition) is 0. The van der Waals surface area contributed by atoms with Crippen molar-refractivity contribution < 1.29 is 9.47 Å². The first-order valence-corrected chi connectivity index (χ1v) is 6.66. The van der Waals surface area contributed by atoms with Crippen LogP contribution in [0.2, 0.25) is 5.15 Å². The number of methoxy groups -OCH3 is 2. The quantitative estimate of drug-likeness (QED) is 0.793. The zero-order valence-electron chi connectivity index (χ0n) is 12.1. The van der Waals surface area contributed by atoms with Crippen LogP contribution >= 0.6 is 11.6 Å². The smallest absolute Gasteiger partial charge is 0.162 e. The van der Waals surface area contributed by atoms with Crippen LogP contribution in [0.4, 0.5) is 0 Å². The van der Waals surface area contributed by atoms with Crippen LogP contribution in [0.15, 0.2) is 12.1 Å². The van der Waals surface area contributed by atoms with Gasteiger partial charge in [-0.2, -0.15) is 0 Å². The van der Waals surface area contributed by atoms with Gasteiger partial charge in [-0.1, -0.05) is 11.6 Å². The third kappa shape index (κ3) is 3.11. The van der Waals surface area contributed by atoms with Crippen LogP contribution in [0.1, 0.15) is 5.82 Å². The summed E-state index contributed by atoms with van der Waals surface area (Å²) >= 11 is 6.24. The van der Waals surface area contributed by atoms with E-state index < -0.39 is 0 Å². The molecule has 0 spiro atoms. The maximum Gasteiger partial charge on any atom is 0.162 e. The molecule has 0 N–H and O–H groups in total. The Morgan fingerprint density at radius 1 is 1.10 bits per heavy atom. The molecule has 0 bridgehead atoms. The van der Waals surface area contributed by atoms with Crippen LogP contribution in [0.25, 0.3) is 10.9 Å². The fourth-order valence-corrected chi connectivity index (χ4v) is 2.15. The number of nitrogens with zero attached hydrogens (tertiary/aromatic N) is 3. The molecule has 5 nitrogen and oxygen atoms in total. The summed E-state index contributed by atoms with van der Waals surface area (Å²) in [5.41, 5.74) is 0.761. The van der Waals surface area contributed by atoms with Gasteiger partial charge in [0.15, 0.2) is 11.5 Å². The highest BCUT2D eigenvalue weighted by atomic mass is 35.5. The molecule has 0 saturated heterocycles. The van der Waals surface area contributed by atoms with E-state index >= 15 is 0 Å². The lowest BCUT2D eigenvalue weighted by atomic mass is 10.2. The minimum atomic E-state index is 0.435. The van der Waals surface area contributed by atoms with Crippen molar-refractivity contribution in [2.24, 2.45) is 0 Å². The highest BCUT2D eigenvalue weighted by Crippen LogP contribution is 2.33. The maximum absolute atomic E-state index is 6.24. The molecule has 0 aliphatic rings. The van der Waals surface area contributed by atoms with E-state index in [2.05, 4.69) is 14.9 Å². The van der Waals surface area contributed by atoms with Gasteiger partial charge in [0.05, 0.1) is 19.7 Å². The number of rotatable bonds is 5. The summed E-state index contributed by atoms with van der Waals surface area (Å²) in [6.07, 6.45) is 0.747. The van der Waals surface area contributed by atoms with E-state index in [1.165, 1.54) is 0 Å². The zero-order valence-corrected chi connectivity index (χ0v) is 12.9. The lowest BCUT2D eigenvalue weighted by Crippen LogP contribution is -2.16. The molecule has 1 heterocycles. The number of aromatic nitrogens is 2. The number of halogens is 1. The summed E-state index contributed by atoms with van der Waals surface area (Å²) in [4.78, 5) is 10.9. The van der Waals surface area contributed by atoms with Gasteiger partial charge in [0.2, 0.25) is 0 Å². The molecule has 0 amide bonds. The lowest BCUT2D eigenvalue weighted by Gasteiger charge is -2.11. The van der Waals surface area contributed by atoms with E-state index in [4.69, 9.17) is 21.1 Å². The van der Waals surface area contributed by atoms with Gasteiger partial charge in [0, 0.05) is 24.4 Å². The van der Waals surface area contributed by atoms with Gasteiger partial charge in [0.25, 0.3) is 0 Å². The van der Waals surface area contributed by atoms with Gasteiger partial charge in [0.1, 0.15) is 11.0 Å². The standard InChI is InChI=1S/C14H18ClN3O2/c1-18(2)6-5-13-16-10-8-12(20-4)11(19-3)7-9(10)14(15)17-13/h7-8H,5-6H2,1-4H3. The normalized spacial score (nSPS) is 11.1. The fraction of sp³-hybridized carbons (Fsp3) is 0.429. The van der Waals surface area contributed by atoms with Crippen molar-refractivity contribution in [1.82, 2.24) is 14.9 Å². The van der Waals surface area contributed by atoms with E-state index in [1.807, 2.05) is 20.2 Å². The molecule has 20 heavy (non-hydrogen) atoms. The molecule has 0 saturated carbocycles. The first-order valence-electron chi connectivity index (χ1n) is 6.28. The minimum Gasteiger partial charge on any atom is -0.493 e. The largest absolute Gasteiger partial charge is 0.493 e. The Balaban J connectivity index is 2.47. The minimum absolute atomic E-state index is 0.435. The summed E-state index contributed by atoms with van der Waals surface area (Å²) < 4.78 is 10.5. The third-order valence-corrected chi connectivity index (χ3v) is 3.27. The van der Waals surface area contributed by atoms with Crippen molar-refractivity contribution in [3.63, 3.8) is 0 Å². The molecule has 0 atom stereocenters. The van der Waals surface area contributed by atoms with Crippen LogP contribution in [0, 0.1) is 0 Å². The number of ether oxygens (including phenoxy) is 2. The van der Waals surface area contributed by atoms with Gasteiger partial charge in [-0.15, -0.1) is 0 Å². The second-order valence-corrected chi connectivity index (χ2v) is 5.07. The predicted molar refractivity (Wildman–Crippen MR) is 79.9 cm³/mol. The Kier molecular flexibility index (Phi) is 4.62. The fourth-order valence-electron chi connectivity index (χ4n) is 1.90. The van der Waals surface area contributed by atoms with Crippen molar-refractivity contribution in [3.8, 4) is 11.5 Å². The molecule has 1 aromatic carbocycles. The molecule has 0 radical (unpaired) electrons. The average molecular weight is 296 g/mol. The highest BCUT2D eigenvalue weighted by molar-refractivity contribution is 6.34. The third-order valence-electron chi connectivity index (χ3n) is 2.98. The first kappa shape index (κ1) is 14.8. The van der Waals surface area contributed by atoms with Gasteiger partial charge in [-0.05, 0) is 20.2 Å². The number of hydrogen-bond acceptors (Lipinski definition) is 5. The van der Waals surface area contributed by atoms with Gasteiger partial charge in [-0.25, -0.2) is 9.97 Å². The molecular formula is C14H18ClN3O2. The van der Waals surface area contributed by atoms with Crippen LogP contribution in [-0.2, 0) is 6.42 Å². The summed E-state index contributed by atoms with van der Waals surface area (Å²) in [5, 5.41) is 1.20. The van der Waals surface area contributed by atoms with Crippen LogP contribution in [0.3, 0.4) is 0 Å².